The lowest BCUT2D eigenvalue weighted by atomic mass is 10.2. The molecule has 1 N–H and O–H groups in total. The Bertz CT molecular complexity index is 185. The average molecular weight is 264 g/mol. The van der Waals surface area contributed by atoms with E-state index in [2.05, 4.69) is 4.74 Å². The Labute approximate surface area is 108 Å². The lowest BCUT2D eigenvalue weighted by Gasteiger charge is -2.17. The van der Waals surface area contributed by atoms with E-state index in [-0.39, 0.29) is 12.7 Å². The first-order chi connectivity index (χ1) is 8.70. The van der Waals surface area contributed by atoms with E-state index in [9.17, 15) is 4.79 Å². The van der Waals surface area contributed by atoms with Gasteiger partial charge >= 0.3 is 6.16 Å². The third kappa shape index (κ3) is 11.6. The van der Waals surface area contributed by atoms with Crippen molar-refractivity contribution in [1.29, 1.82) is 0 Å². The van der Waals surface area contributed by atoms with Crippen LogP contribution in [0.3, 0.4) is 0 Å². The molecule has 0 aliphatic heterocycles. The van der Waals surface area contributed by atoms with Gasteiger partial charge in [-0.15, -0.1) is 0 Å². The van der Waals surface area contributed by atoms with Crippen molar-refractivity contribution in [2.75, 3.05) is 39.6 Å². The Balaban J connectivity index is 3.73. The van der Waals surface area contributed by atoms with E-state index in [1.165, 1.54) is 0 Å². The first kappa shape index (κ1) is 17.2. The molecule has 0 aromatic carbocycles. The zero-order valence-electron chi connectivity index (χ0n) is 11.2. The summed E-state index contributed by atoms with van der Waals surface area (Å²) in [6.45, 7) is 6.81. The highest BCUT2D eigenvalue weighted by Gasteiger charge is 2.11. The van der Waals surface area contributed by atoms with Crippen molar-refractivity contribution in [2.45, 2.75) is 32.8 Å². The Morgan fingerprint density at radius 1 is 1.11 bits per heavy atom. The summed E-state index contributed by atoms with van der Waals surface area (Å²) in [5.41, 5.74) is 0. The first-order valence-corrected chi connectivity index (χ1v) is 6.33. The van der Waals surface area contributed by atoms with Crippen molar-refractivity contribution < 1.29 is 28.8 Å². The number of hydrogen-bond donors (Lipinski definition) is 1. The van der Waals surface area contributed by atoms with Gasteiger partial charge in [0.15, 0.2) is 0 Å². The van der Waals surface area contributed by atoms with Gasteiger partial charge in [0.2, 0.25) is 0 Å². The van der Waals surface area contributed by atoms with Crippen LogP contribution in [0.5, 0.6) is 0 Å². The second-order valence-corrected chi connectivity index (χ2v) is 3.61. The zero-order valence-corrected chi connectivity index (χ0v) is 11.2. The predicted molar refractivity (Wildman–Crippen MR) is 65.9 cm³/mol. The fourth-order valence-electron chi connectivity index (χ4n) is 1.35. The molecular formula is C12H24O6. The normalized spacial score (nSPS) is 12.3. The Kier molecular flexibility index (Phi) is 12.0. The van der Waals surface area contributed by atoms with Crippen molar-refractivity contribution in [2.24, 2.45) is 0 Å². The monoisotopic (exact) mass is 264 g/mol. The Hall–Kier alpha value is -0.850. The van der Waals surface area contributed by atoms with Crippen molar-refractivity contribution >= 4 is 6.16 Å². The minimum atomic E-state index is -1.28. The van der Waals surface area contributed by atoms with Crippen LogP contribution in [0, 0.1) is 0 Å². The van der Waals surface area contributed by atoms with Crippen LogP contribution in [0.15, 0.2) is 0 Å². The molecule has 0 aromatic heterocycles. The smallest absolute Gasteiger partial charge is 0.450 e. The summed E-state index contributed by atoms with van der Waals surface area (Å²) < 4.78 is 20.4. The topological polar surface area (TPSA) is 74.2 Å². The molecule has 0 aromatic rings. The standard InChI is InChI=1S/C12H24O6/c1-3-15-7-5-6-11(10-18-12(13)14)17-9-8-16-4-2/h11H,3-10H2,1-2H3,(H,13,14). The van der Waals surface area contributed by atoms with Gasteiger partial charge in [-0.3, -0.25) is 0 Å². The van der Waals surface area contributed by atoms with Gasteiger partial charge in [-0.1, -0.05) is 0 Å². The molecule has 0 rings (SSSR count). The largest absolute Gasteiger partial charge is 0.505 e. The van der Waals surface area contributed by atoms with Crippen molar-refractivity contribution in [1.82, 2.24) is 0 Å². The highest BCUT2D eigenvalue weighted by molar-refractivity contribution is 5.56. The number of carboxylic acid groups (broad SMARTS) is 1. The fraction of sp³-hybridized carbons (Fsp3) is 0.917. The lowest BCUT2D eigenvalue weighted by Crippen LogP contribution is -2.24. The van der Waals surface area contributed by atoms with Gasteiger partial charge in [-0.05, 0) is 26.7 Å². The number of carbonyl (C=O) groups is 1. The minimum Gasteiger partial charge on any atom is -0.450 e. The number of hydrogen-bond acceptors (Lipinski definition) is 5. The molecule has 18 heavy (non-hydrogen) atoms. The summed E-state index contributed by atoms with van der Waals surface area (Å²) >= 11 is 0. The molecule has 6 heteroatoms. The van der Waals surface area contributed by atoms with Crippen molar-refractivity contribution in [3.05, 3.63) is 0 Å². The zero-order chi connectivity index (χ0) is 13.6. The third-order valence-electron chi connectivity index (χ3n) is 2.20. The summed E-state index contributed by atoms with van der Waals surface area (Å²) in [7, 11) is 0. The quantitative estimate of drug-likeness (QED) is 0.429. The van der Waals surface area contributed by atoms with Crippen LogP contribution in [0.4, 0.5) is 4.79 Å². The van der Waals surface area contributed by atoms with E-state index in [4.69, 9.17) is 19.3 Å². The molecule has 108 valence electrons. The highest BCUT2D eigenvalue weighted by atomic mass is 16.7. The van der Waals surface area contributed by atoms with Gasteiger partial charge in [0.05, 0.1) is 19.3 Å². The molecular weight excluding hydrogens is 240 g/mol. The molecule has 1 atom stereocenters. The number of rotatable bonds is 12. The van der Waals surface area contributed by atoms with Crippen LogP contribution in [0.2, 0.25) is 0 Å². The lowest BCUT2D eigenvalue weighted by molar-refractivity contribution is -0.0348. The van der Waals surface area contributed by atoms with Crippen molar-refractivity contribution in [3.8, 4) is 0 Å². The summed E-state index contributed by atoms with van der Waals surface area (Å²) in [5.74, 6) is 0. The van der Waals surface area contributed by atoms with Gasteiger partial charge < -0.3 is 24.1 Å². The van der Waals surface area contributed by atoms with Gasteiger partial charge in [0, 0.05) is 19.8 Å². The summed E-state index contributed by atoms with van der Waals surface area (Å²) in [4.78, 5) is 10.3. The van der Waals surface area contributed by atoms with Crippen LogP contribution in [-0.4, -0.2) is 57.0 Å². The van der Waals surface area contributed by atoms with E-state index >= 15 is 0 Å². The average Bonchev–Trinajstić information content (AvgIpc) is 2.35. The van der Waals surface area contributed by atoms with E-state index in [1.54, 1.807) is 0 Å². The van der Waals surface area contributed by atoms with E-state index in [1.807, 2.05) is 13.8 Å². The maximum atomic E-state index is 10.3. The fourth-order valence-corrected chi connectivity index (χ4v) is 1.35. The molecule has 0 amide bonds. The molecule has 0 aliphatic carbocycles. The molecule has 0 aliphatic rings. The molecule has 0 saturated heterocycles. The molecule has 0 heterocycles. The Morgan fingerprint density at radius 3 is 2.39 bits per heavy atom. The van der Waals surface area contributed by atoms with E-state index in [0.717, 1.165) is 6.42 Å². The number of ether oxygens (including phenoxy) is 4. The van der Waals surface area contributed by atoms with E-state index < -0.39 is 6.16 Å². The molecule has 6 nitrogen and oxygen atoms in total. The summed E-state index contributed by atoms with van der Waals surface area (Å²) in [6.07, 6.45) is 0.00966. The SMILES string of the molecule is CCOCCCC(COC(=O)O)OCCOCC. The van der Waals surface area contributed by atoms with Crippen LogP contribution in [0.1, 0.15) is 26.7 Å². The third-order valence-corrected chi connectivity index (χ3v) is 2.20. The van der Waals surface area contributed by atoms with Gasteiger partial charge in [-0.25, -0.2) is 4.79 Å². The second kappa shape index (κ2) is 12.6. The second-order valence-electron chi connectivity index (χ2n) is 3.61. The van der Waals surface area contributed by atoms with Gasteiger partial charge in [-0.2, -0.15) is 0 Å². The van der Waals surface area contributed by atoms with Gasteiger partial charge in [0.25, 0.3) is 0 Å². The molecule has 1 unspecified atom stereocenters. The Morgan fingerprint density at radius 2 is 1.78 bits per heavy atom. The highest BCUT2D eigenvalue weighted by Crippen LogP contribution is 2.04. The molecule has 0 fully saturated rings. The van der Waals surface area contributed by atoms with E-state index in [0.29, 0.717) is 39.5 Å². The van der Waals surface area contributed by atoms with Crippen LogP contribution in [-0.2, 0) is 18.9 Å². The minimum absolute atomic E-state index is 0.0492. The van der Waals surface area contributed by atoms with Crippen LogP contribution < -0.4 is 0 Å². The summed E-state index contributed by atoms with van der Waals surface area (Å²) in [6, 6.07) is 0. The maximum Gasteiger partial charge on any atom is 0.505 e. The summed E-state index contributed by atoms with van der Waals surface area (Å²) in [5, 5.41) is 8.45. The first-order valence-electron chi connectivity index (χ1n) is 6.33. The van der Waals surface area contributed by atoms with Gasteiger partial charge in [0.1, 0.15) is 6.61 Å². The maximum absolute atomic E-state index is 10.3. The molecule has 0 saturated carbocycles. The van der Waals surface area contributed by atoms with Crippen molar-refractivity contribution in [3.63, 3.8) is 0 Å². The molecule has 0 radical (unpaired) electrons. The molecule has 0 bridgehead atoms. The molecule has 0 spiro atoms. The van der Waals surface area contributed by atoms with Crippen LogP contribution in [0.25, 0.3) is 0 Å². The van der Waals surface area contributed by atoms with Crippen LogP contribution >= 0.6 is 0 Å². The predicted octanol–water partition coefficient (Wildman–Crippen LogP) is 1.92.